The molecule has 0 aliphatic carbocycles. The van der Waals surface area contributed by atoms with Gasteiger partial charge >= 0.3 is 0 Å². The molecule has 0 radical (unpaired) electrons. The van der Waals surface area contributed by atoms with Crippen LogP contribution in [0, 0.1) is 6.92 Å². The summed E-state index contributed by atoms with van der Waals surface area (Å²) in [5.74, 6) is 0.261. The zero-order valence-electron chi connectivity index (χ0n) is 12.2. The Balaban J connectivity index is 1.99. The molecule has 0 spiro atoms. The van der Waals surface area contributed by atoms with Gasteiger partial charge in [0.15, 0.2) is 0 Å². The number of hydrogen-bond acceptors (Lipinski definition) is 5. The number of anilines is 1. The molecule has 6 nitrogen and oxygen atoms in total. The summed E-state index contributed by atoms with van der Waals surface area (Å²) in [6.07, 6.45) is 7.92. The monoisotopic (exact) mass is 294 g/mol. The van der Waals surface area contributed by atoms with Gasteiger partial charge < -0.3 is 9.32 Å². The van der Waals surface area contributed by atoms with Crippen LogP contribution in [0.4, 0.5) is 5.69 Å². The molecule has 1 amide bonds. The second-order valence-electron chi connectivity index (χ2n) is 4.74. The summed E-state index contributed by atoms with van der Waals surface area (Å²) in [6, 6.07) is 5.31. The van der Waals surface area contributed by atoms with Gasteiger partial charge in [0.25, 0.3) is 5.91 Å². The van der Waals surface area contributed by atoms with Crippen LogP contribution in [-0.2, 0) is 0 Å². The number of nitrogens with zero attached hydrogens (tertiary/aromatic N) is 4. The fraction of sp³-hybridized carbons (Fsp3) is 0.125. The quantitative estimate of drug-likeness (QED) is 0.742. The van der Waals surface area contributed by atoms with Crippen molar-refractivity contribution in [3.8, 4) is 11.6 Å². The second-order valence-corrected chi connectivity index (χ2v) is 4.74. The summed E-state index contributed by atoms with van der Waals surface area (Å²) in [5.41, 5.74) is 2.57. The first kappa shape index (κ1) is 13.9. The van der Waals surface area contributed by atoms with Gasteiger partial charge in [-0.2, -0.15) is 0 Å². The van der Waals surface area contributed by atoms with Gasteiger partial charge in [0, 0.05) is 25.0 Å². The maximum Gasteiger partial charge on any atom is 0.258 e. The summed E-state index contributed by atoms with van der Waals surface area (Å²) in [5, 5.41) is 0. The number of aromatic nitrogens is 3. The highest BCUT2D eigenvalue weighted by Gasteiger charge is 2.19. The lowest BCUT2D eigenvalue weighted by Gasteiger charge is -2.18. The molecule has 3 aromatic rings. The van der Waals surface area contributed by atoms with Crippen molar-refractivity contribution in [1.82, 2.24) is 15.0 Å². The van der Waals surface area contributed by atoms with Crippen molar-refractivity contribution in [2.24, 2.45) is 0 Å². The van der Waals surface area contributed by atoms with Crippen LogP contribution in [0.1, 0.15) is 15.9 Å². The number of hydrogen-bond donors (Lipinski definition) is 0. The van der Waals surface area contributed by atoms with Gasteiger partial charge in [0.1, 0.15) is 12.0 Å². The van der Waals surface area contributed by atoms with Gasteiger partial charge in [-0.3, -0.25) is 14.8 Å². The second kappa shape index (κ2) is 5.77. The van der Waals surface area contributed by atoms with E-state index in [1.165, 1.54) is 6.26 Å². The van der Waals surface area contributed by atoms with Gasteiger partial charge in [-0.05, 0) is 30.7 Å². The van der Waals surface area contributed by atoms with Crippen molar-refractivity contribution in [3.63, 3.8) is 0 Å². The van der Waals surface area contributed by atoms with E-state index < -0.39 is 0 Å². The fourth-order valence-electron chi connectivity index (χ4n) is 2.17. The summed E-state index contributed by atoms with van der Waals surface area (Å²) in [6.45, 7) is 1.83. The zero-order chi connectivity index (χ0) is 15.5. The molecule has 6 heteroatoms. The van der Waals surface area contributed by atoms with E-state index in [2.05, 4.69) is 15.0 Å². The predicted molar refractivity (Wildman–Crippen MR) is 81.4 cm³/mol. The molecule has 0 aliphatic heterocycles. The van der Waals surface area contributed by atoms with Gasteiger partial charge in [-0.1, -0.05) is 0 Å². The van der Waals surface area contributed by atoms with Crippen LogP contribution in [0.25, 0.3) is 11.6 Å². The Kier molecular flexibility index (Phi) is 3.65. The Morgan fingerprint density at radius 2 is 2.05 bits per heavy atom. The maximum absolute atomic E-state index is 12.7. The summed E-state index contributed by atoms with van der Waals surface area (Å²) < 4.78 is 5.27. The minimum Gasteiger partial charge on any atom is -0.443 e. The third kappa shape index (κ3) is 2.46. The summed E-state index contributed by atoms with van der Waals surface area (Å²) in [7, 11) is 1.71. The van der Waals surface area contributed by atoms with Crippen molar-refractivity contribution in [3.05, 3.63) is 60.4 Å². The van der Waals surface area contributed by atoms with Crippen LogP contribution in [0.2, 0.25) is 0 Å². The van der Waals surface area contributed by atoms with Crippen molar-refractivity contribution < 1.29 is 9.21 Å². The van der Waals surface area contributed by atoms with Crippen molar-refractivity contribution in [2.75, 3.05) is 11.9 Å². The number of carbonyl (C=O) groups excluding carboxylic acids is 1. The lowest BCUT2D eigenvalue weighted by atomic mass is 10.1. The summed E-state index contributed by atoms with van der Waals surface area (Å²) in [4.78, 5) is 26.6. The highest BCUT2D eigenvalue weighted by Crippen LogP contribution is 2.23. The molecule has 0 aromatic carbocycles. The molecule has 0 atom stereocenters. The number of rotatable bonds is 3. The van der Waals surface area contributed by atoms with Gasteiger partial charge in [0.05, 0.1) is 18.1 Å². The summed E-state index contributed by atoms with van der Waals surface area (Å²) >= 11 is 0. The minimum atomic E-state index is -0.138. The maximum atomic E-state index is 12.7. The van der Waals surface area contributed by atoms with Crippen LogP contribution in [0.3, 0.4) is 0 Å². The molecule has 0 saturated heterocycles. The first-order valence-corrected chi connectivity index (χ1v) is 6.72. The van der Waals surface area contributed by atoms with Gasteiger partial charge in [-0.15, -0.1) is 0 Å². The normalized spacial score (nSPS) is 10.5. The molecule has 0 N–H and O–H groups in total. The Hall–Kier alpha value is -3.02. The number of pyridine rings is 2. The van der Waals surface area contributed by atoms with E-state index in [1.54, 1.807) is 48.9 Å². The van der Waals surface area contributed by atoms with Gasteiger partial charge in [0.2, 0.25) is 5.89 Å². The van der Waals surface area contributed by atoms with Crippen LogP contribution >= 0.6 is 0 Å². The molecular weight excluding hydrogens is 280 g/mol. The van der Waals surface area contributed by atoms with Crippen LogP contribution in [0.15, 0.2) is 53.7 Å². The first-order valence-electron chi connectivity index (χ1n) is 6.72. The van der Waals surface area contributed by atoms with E-state index in [0.29, 0.717) is 17.1 Å². The molecule has 3 rings (SSSR count). The van der Waals surface area contributed by atoms with E-state index in [0.717, 1.165) is 11.3 Å². The number of amides is 1. The topological polar surface area (TPSA) is 72.1 Å². The zero-order valence-corrected chi connectivity index (χ0v) is 12.2. The van der Waals surface area contributed by atoms with E-state index in [4.69, 9.17) is 4.42 Å². The molecule has 0 saturated carbocycles. The fourth-order valence-corrected chi connectivity index (χ4v) is 2.17. The van der Waals surface area contributed by atoms with Crippen LogP contribution < -0.4 is 4.90 Å². The van der Waals surface area contributed by atoms with E-state index in [-0.39, 0.29) is 5.91 Å². The molecule has 22 heavy (non-hydrogen) atoms. The van der Waals surface area contributed by atoms with Crippen molar-refractivity contribution in [2.45, 2.75) is 6.92 Å². The predicted octanol–water partition coefficient (Wildman–Crippen LogP) is 2.72. The van der Waals surface area contributed by atoms with E-state index in [1.807, 2.05) is 13.0 Å². The molecule has 0 aliphatic rings. The molecule has 3 heterocycles. The van der Waals surface area contributed by atoms with Gasteiger partial charge in [-0.25, -0.2) is 4.98 Å². The van der Waals surface area contributed by atoms with Crippen LogP contribution in [-0.4, -0.2) is 27.9 Å². The first-order chi connectivity index (χ1) is 10.7. The lowest BCUT2D eigenvalue weighted by Crippen LogP contribution is -2.27. The largest absolute Gasteiger partial charge is 0.443 e. The number of oxazole rings is 1. The molecular formula is C16H14N4O2. The van der Waals surface area contributed by atoms with Crippen LogP contribution in [0.5, 0.6) is 0 Å². The lowest BCUT2D eigenvalue weighted by molar-refractivity contribution is 0.0992. The Labute approximate surface area is 127 Å². The Morgan fingerprint density at radius 1 is 1.18 bits per heavy atom. The molecule has 3 aromatic heterocycles. The third-order valence-corrected chi connectivity index (χ3v) is 3.41. The number of carbonyl (C=O) groups is 1. The molecule has 110 valence electrons. The highest BCUT2D eigenvalue weighted by atomic mass is 16.3. The highest BCUT2D eigenvalue weighted by molar-refractivity contribution is 6.07. The standard InChI is InChI=1S/C16H14N4O2/c1-11-13(5-7-18-14(11)15-19-8-9-22-15)16(21)20(2)12-4-3-6-17-10-12/h3-10H,1-2H3. The Bertz CT molecular complexity index is 785. The smallest absolute Gasteiger partial charge is 0.258 e. The average molecular weight is 294 g/mol. The third-order valence-electron chi connectivity index (χ3n) is 3.41. The molecule has 0 fully saturated rings. The molecule has 0 unspecified atom stereocenters. The molecule has 0 bridgehead atoms. The van der Waals surface area contributed by atoms with E-state index >= 15 is 0 Å². The Morgan fingerprint density at radius 3 is 2.73 bits per heavy atom. The van der Waals surface area contributed by atoms with Crippen molar-refractivity contribution in [1.29, 1.82) is 0 Å². The van der Waals surface area contributed by atoms with E-state index in [9.17, 15) is 4.79 Å². The average Bonchev–Trinajstić information content (AvgIpc) is 3.09. The minimum absolute atomic E-state index is 0.138. The SMILES string of the molecule is Cc1c(C(=O)N(C)c2cccnc2)ccnc1-c1ncco1. The van der Waals surface area contributed by atoms with Crippen molar-refractivity contribution >= 4 is 11.6 Å².